The summed E-state index contributed by atoms with van der Waals surface area (Å²) in [7, 11) is -3.69. The molecule has 1 aromatic heterocycles. The zero-order chi connectivity index (χ0) is 23.4. The fraction of sp³-hybridized carbons (Fsp3) is 0.478. The minimum atomic E-state index is -3.69. The van der Waals surface area contributed by atoms with Gasteiger partial charge in [0.05, 0.1) is 36.8 Å². The van der Waals surface area contributed by atoms with Crippen LogP contribution in [0.3, 0.4) is 0 Å². The number of benzene rings is 1. The van der Waals surface area contributed by atoms with E-state index in [1.807, 2.05) is 0 Å². The number of morpholine rings is 1. The van der Waals surface area contributed by atoms with Crippen LogP contribution in [0.1, 0.15) is 50.9 Å². The van der Waals surface area contributed by atoms with Gasteiger partial charge in [0.1, 0.15) is 5.00 Å². The lowest BCUT2D eigenvalue weighted by molar-refractivity contribution is 0.0526. The van der Waals surface area contributed by atoms with Crippen LogP contribution in [0.25, 0.3) is 0 Å². The summed E-state index contributed by atoms with van der Waals surface area (Å²) >= 11 is 1.50. The number of rotatable bonds is 8. The van der Waals surface area contributed by atoms with E-state index in [4.69, 9.17) is 9.47 Å². The van der Waals surface area contributed by atoms with Gasteiger partial charge in [-0.15, -0.1) is 11.3 Å². The number of carbonyl (C=O) groups excluding carboxylic acids is 2. The number of nitrogens with one attached hydrogen (secondary N) is 1. The monoisotopic (exact) mass is 492 g/mol. The van der Waals surface area contributed by atoms with Crippen LogP contribution in [-0.4, -0.2) is 63.9 Å². The molecule has 2 aromatic rings. The van der Waals surface area contributed by atoms with Gasteiger partial charge < -0.3 is 14.8 Å². The van der Waals surface area contributed by atoms with Crippen LogP contribution >= 0.6 is 11.3 Å². The van der Waals surface area contributed by atoms with Crippen molar-refractivity contribution in [1.29, 1.82) is 0 Å². The van der Waals surface area contributed by atoms with E-state index >= 15 is 0 Å². The molecule has 1 saturated heterocycles. The summed E-state index contributed by atoms with van der Waals surface area (Å²) < 4.78 is 37.7. The molecule has 0 spiro atoms. The summed E-state index contributed by atoms with van der Waals surface area (Å²) in [5.41, 5.74) is 1.86. The van der Waals surface area contributed by atoms with Crippen LogP contribution in [0.15, 0.2) is 29.2 Å². The van der Waals surface area contributed by atoms with E-state index in [1.165, 1.54) is 27.8 Å². The molecular formula is C23H28N2O6S2. The smallest absolute Gasteiger partial charge is 0.341 e. The molecule has 0 atom stereocenters. The summed E-state index contributed by atoms with van der Waals surface area (Å²) in [6.45, 7) is 3.30. The summed E-state index contributed by atoms with van der Waals surface area (Å²) in [4.78, 5) is 26.8. The number of esters is 1. The highest BCUT2D eigenvalue weighted by molar-refractivity contribution is 7.89. The van der Waals surface area contributed by atoms with Crippen molar-refractivity contribution >= 4 is 38.1 Å². The van der Waals surface area contributed by atoms with Crippen molar-refractivity contribution in [2.75, 3.05) is 44.8 Å². The molecule has 1 aliphatic carbocycles. The van der Waals surface area contributed by atoms with Crippen molar-refractivity contribution in [1.82, 2.24) is 4.31 Å². The van der Waals surface area contributed by atoms with Crippen molar-refractivity contribution in [3.8, 4) is 0 Å². The van der Waals surface area contributed by atoms with E-state index in [2.05, 4.69) is 5.32 Å². The fourth-order valence-electron chi connectivity index (χ4n) is 4.14. The third-order valence-electron chi connectivity index (χ3n) is 5.82. The third-order valence-corrected chi connectivity index (χ3v) is 8.97. The molecule has 0 bridgehead atoms. The molecule has 8 nitrogen and oxygen atoms in total. The third kappa shape index (κ3) is 5.13. The molecule has 10 heteroatoms. The number of carbonyl (C=O) groups is 2. The molecule has 0 saturated carbocycles. The molecule has 2 aliphatic rings. The Bertz CT molecular complexity index is 1140. The van der Waals surface area contributed by atoms with Gasteiger partial charge in [-0.2, -0.15) is 4.31 Å². The van der Waals surface area contributed by atoms with E-state index in [1.54, 1.807) is 19.1 Å². The number of Topliss-reactive ketones (excluding diaryl/α,β-unsaturated/α-hetero) is 1. The van der Waals surface area contributed by atoms with Gasteiger partial charge in [-0.3, -0.25) is 4.79 Å². The number of sulfonamides is 1. The molecule has 2 heterocycles. The highest BCUT2D eigenvalue weighted by Gasteiger charge is 2.28. The van der Waals surface area contributed by atoms with Crippen molar-refractivity contribution in [2.45, 2.75) is 37.5 Å². The van der Waals surface area contributed by atoms with Crippen molar-refractivity contribution in [3.05, 3.63) is 45.8 Å². The number of hydrogen-bond donors (Lipinski definition) is 1. The Hall–Kier alpha value is -2.27. The number of anilines is 1. The predicted octanol–water partition coefficient (Wildman–Crippen LogP) is 3.12. The highest BCUT2D eigenvalue weighted by atomic mass is 32.2. The summed E-state index contributed by atoms with van der Waals surface area (Å²) in [6, 6.07) is 6.10. The maximum Gasteiger partial charge on any atom is 0.341 e. The summed E-state index contributed by atoms with van der Waals surface area (Å²) in [6.07, 6.45) is 3.86. The van der Waals surface area contributed by atoms with E-state index in [9.17, 15) is 18.0 Å². The lowest BCUT2D eigenvalue weighted by Gasteiger charge is -2.26. The first-order valence-corrected chi connectivity index (χ1v) is 13.4. The molecule has 0 amide bonds. The second-order valence-corrected chi connectivity index (χ2v) is 11.0. The normalized spacial score (nSPS) is 16.8. The first-order chi connectivity index (χ1) is 15.9. The average Bonchev–Trinajstić information content (AvgIpc) is 3.22. The predicted molar refractivity (Wildman–Crippen MR) is 126 cm³/mol. The van der Waals surface area contributed by atoms with E-state index in [0.29, 0.717) is 42.4 Å². The largest absolute Gasteiger partial charge is 0.462 e. The van der Waals surface area contributed by atoms with Crippen LogP contribution in [0, 0.1) is 0 Å². The number of nitrogens with zero attached hydrogens (tertiary/aromatic N) is 1. The minimum Gasteiger partial charge on any atom is -0.462 e. The van der Waals surface area contributed by atoms with Gasteiger partial charge in [0, 0.05) is 23.5 Å². The SMILES string of the molecule is CCOC(=O)c1c(NCC(=O)c2cccc(S(=O)(=O)N3CCOCC3)c2)sc2c1CCCC2. The van der Waals surface area contributed by atoms with Crippen LogP contribution in [-0.2, 0) is 32.3 Å². The van der Waals surface area contributed by atoms with Crippen LogP contribution < -0.4 is 5.32 Å². The van der Waals surface area contributed by atoms with Crippen LogP contribution in [0.4, 0.5) is 5.00 Å². The molecule has 1 aromatic carbocycles. The zero-order valence-corrected chi connectivity index (χ0v) is 20.2. The number of hydrogen-bond acceptors (Lipinski definition) is 8. The van der Waals surface area contributed by atoms with Gasteiger partial charge >= 0.3 is 5.97 Å². The first kappa shape index (κ1) is 23.9. The Morgan fingerprint density at radius 1 is 1.18 bits per heavy atom. The topological polar surface area (TPSA) is 102 Å². The quantitative estimate of drug-likeness (QED) is 0.446. The Morgan fingerprint density at radius 3 is 2.70 bits per heavy atom. The molecule has 178 valence electrons. The first-order valence-electron chi connectivity index (χ1n) is 11.2. The number of ether oxygens (including phenoxy) is 2. The molecule has 33 heavy (non-hydrogen) atoms. The van der Waals surface area contributed by atoms with Gasteiger partial charge in [0.25, 0.3) is 0 Å². The van der Waals surface area contributed by atoms with E-state index in [0.717, 1.165) is 36.1 Å². The molecule has 1 aliphatic heterocycles. The van der Waals surface area contributed by atoms with Gasteiger partial charge in [-0.05, 0) is 50.3 Å². The summed E-state index contributed by atoms with van der Waals surface area (Å²) in [5, 5.41) is 3.77. The lowest BCUT2D eigenvalue weighted by atomic mass is 9.95. The number of ketones is 1. The van der Waals surface area contributed by atoms with Crippen molar-refractivity contribution in [3.63, 3.8) is 0 Å². The second-order valence-electron chi connectivity index (χ2n) is 7.96. The Labute approximate surface area is 197 Å². The van der Waals surface area contributed by atoms with Gasteiger partial charge in [-0.25, -0.2) is 13.2 Å². The standard InChI is InChI=1S/C23H28N2O6S2/c1-2-31-23(27)21-18-8-3-4-9-20(18)32-22(21)24-15-19(26)16-6-5-7-17(14-16)33(28,29)25-10-12-30-13-11-25/h5-7,14,24H,2-4,8-13,15H2,1H3. The van der Waals surface area contributed by atoms with Crippen molar-refractivity contribution in [2.24, 2.45) is 0 Å². The van der Waals surface area contributed by atoms with Crippen LogP contribution in [0.5, 0.6) is 0 Å². The number of fused-ring (bicyclic) bond motifs is 1. The van der Waals surface area contributed by atoms with Crippen molar-refractivity contribution < 1.29 is 27.5 Å². The Morgan fingerprint density at radius 2 is 1.94 bits per heavy atom. The second kappa shape index (κ2) is 10.3. The average molecular weight is 493 g/mol. The van der Waals surface area contributed by atoms with Crippen LogP contribution in [0.2, 0.25) is 0 Å². The maximum atomic E-state index is 12.9. The van der Waals surface area contributed by atoms with E-state index in [-0.39, 0.29) is 29.8 Å². The maximum absolute atomic E-state index is 12.9. The zero-order valence-electron chi connectivity index (χ0n) is 18.6. The summed E-state index contributed by atoms with van der Waals surface area (Å²) in [5.74, 6) is -0.624. The molecular weight excluding hydrogens is 464 g/mol. The molecule has 4 rings (SSSR count). The molecule has 1 N–H and O–H groups in total. The Balaban J connectivity index is 1.51. The Kier molecular flexibility index (Phi) is 7.48. The highest BCUT2D eigenvalue weighted by Crippen LogP contribution is 2.38. The number of aryl methyl sites for hydroxylation is 1. The molecule has 0 radical (unpaired) electrons. The van der Waals surface area contributed by atoms with Gasteiger partial charge in [0.15, 0.2) is 5.78 Å². The molecule has 1 fully saturated rings. The fourth-order valence-corrected chi connectivity index (χ4v) is 6.87. The van der Waals surface area contributed by atoms with E-state index < -0.39 is 10.0 Å². The molecule has 0 unspecified atom stereocenters. The minimum absolute atomic E-state index is 0.0488. The van der Waals surface area contributed by atoms with Gasteiger partial charge in [-0.1, -0.05) is 12.1 Å². The van der Waals surface area contributed by atoms with Gasteiger partial charge in [0.2, 0.25) is 10.0 Å². The lowest BCUT2D eigenvalue weighted by Crippen LogP contribution is -2.40. The number of thiophene rings is 1.